The van der Waals surface area contributed by atoms with Gasteiger partial charge in [0.25, 0.3) is 5.91 Å². The van der Waals surface area contributed by atoms with E-state index in [4.69, 9.17) is 4.52 Å². The first-order valence-electron chi connectivity index (χ1n) is 8.61. The lowest BCUT2D eigenvalue weighted by atomic mass is 9.92. The summed E-state index contributed by atoms with van der Waals surface area (Å²) in [6, 6.07) is 18.4. The molecule has 1 aliphatic heterocycles. The molecular formula is C20H18N4O3. The van der Waals surface area contributed by atoms with Gasteiger partial charge in [-0.15, -0.1) is 0 Å². The topological polar surface area (TPSA) is 88.3 Å². The quantitative estimate of drug-likeness (QED) is 0.705. The average Bonchev–Trinajstić information content (AvgIpc) is 3.22. The molecule has 0 spiro atoms. The second-order valence-corrected chi connectivity index (χ2v) is 6.58. The van der Waals surface area contributed by atoms with Gasteiger partial charge in [-0.05, 0) is 18.1 Å². The van der Waals surface area contributed by atoms with E-state index in [1.165, 1.54) is 0 Å². The van der Waals surface area contributed by atoms with Gasteiger partial charge in [0.2, 0.25) is 5.89 Å². The maximum absolute atomic E-state index is 12.9. The Morgan fingerprint density at radius 1 is 1.04 bits per heavy atom. The van der Waals surface area contributed by atoms with Crippen molar-refractivity contribution in [2.45, 2.75) is 25.4 Å². The molecule has 1 aliphatic rings. The van der Waals surface area contributed by atoms with Crippen LogP contribution in [0.1, 0.15) is 29.8 Å². The summed E-state index contributed by atoms with van der Waals surface area (Å²) in [6.07, 6.45) is 0.520. The number of urea groups is 1. The standard InChI is InChI=1S/C20H18N4O3/c1-20(15-10-6-3-7-11-15)18(25)24(19(26)22-20)13-17-21-16(23-27-17)12-14-8-4-2-5-9-14/h2-11H,12-13H2,1H3,(H,22,26). The number of rotatable bonds is 5. The van der Waals surface area contributed by atoms with Crippen LogP contribution in [0.4, 0.5) is 4.79 Å². The van der Waals surface area contributed by atoms with Gasteiger partial charge >= 0.3 is 6.03 Å². The van der Waals surface area contributed by atoms with Crippen molar-refractivity contribution in [1.82, 2.24) is 20.4 Å². The maximum Gasteiger partial charge on any atom is 0.325 e. The number of carbonyl (C=O) groups is 2. The third-order valence-electron chi connectivity index (χ3n) is 4.63. The minimum absolute atomic E-state index is 0.0606. The number of hydrogen-bond donors (Lipinski definition) is 1. The second kappa shape index (κ2) is 6.68. The number of aromatic nitrogens is 2. The molecule has 0 saturated carbocycles. The van der Waals surface area contributed by atoms with Crippen molar-refractivity contribution in [3.05, 3.63) is 83.5 Å². The van der Waals surface area contributed by atoms with Gasteiger partial charge in [0.15, 0.2) is 5.82 Å². The van der Waals surface area contributed by atoms with Crippen LogP contribution in [0.15, 0.2) is 65.2 Å². The van der Waals surface area contributed by atoms with Gasteiger partial charge < -0.3 is 9.84 Å². The molecule has 1 aromatic heterocycles. The average molecular weight is 362 g/mol. The second-order valence-electron chi connectivity index (χ2n) is 6.58. The first kappa shape index (κ1) is 17.0. The van der Waals surface area contributed by atoms with Crippen LogP contribution in [-0.4, -0.2) is 27.0 Å². The van der Waals surface area contributed by atoms with Crippen molar-refractivity contribution in [2.75, 3.05) is 0 Å². The summed E-state index contributed by atoms with van der Waals surface area (Å²) in [7, 11) is 0. The molecule has 1 unspecified atom stereocenters. The molecule has 1 saturated heterocycles. The fraction of sp³-hybridized carbons (Fsp3) is 0.200. The largest absolute Gasteiger partial charge is 0.337 e. The highest BCUT2D eigenvalue weighted by molar-refractivity contribution is 6.07. The smallest absolute Gasteiger partial charge is 0.325 e. The zero-order valence-corrected chi connectivity index (χ0v) is 14.8. The van der Waals surface area contributed by atoms with Crippen molar-refractivity contribution in [2.24, 2.45) is 0 Å². The van der Waals surface area contributed by atoms with Gasteiger partial charge in [0, 0.05) is 6.42 Å². The molecule has 3 aromatic rings. The van der Waals surface area contributed by atoms with Crippen LogP contribution in [0.5, 0.6) is 0 Å². The van der Waals surface area contributed by atoms with Gasteiger partial charge in [-0.3, -0.25) is 9.69 Å². The number of nitrogens with one attached hydrogen (secondary N) is 1. The molecule has 3 amide bonds. The first-order chi connectivity index (χ1) is 13.1. The Labute approximate surface area is 156 Å². The number of imide groups is 1. The lowest BCUT2D eigenvalue weighted by Gasteiger charge is -2.21. The van der Waals surface area contributed by atoms with E-state index in [2.05, 4.69) is 15.5 Å². The highest BCUT2D eigenvalue weighted by Gasteiger charge is 2.49. The van der Waals surface area contributed by atoms with Crippen LogP contribution in [0.25, 0.3) is 0 Å². The van der Waals surface area contributed by atoms with Crippen LogP contribution in [0.3, 0.4) is 0 Å². The van der Waals surface area contributed by atoms with Crippen LogP contribution in [-0.2, 0) is 23.3 Å². The predicted molar refractivity (Wildman–Crippen MR) is 96.4 cm³/mol. The van der Waals surface area contributed by atoms with Crippen molar-refractivity contribution >= 4 is 11.9 Å². The zero-order valence-electron chi connectivity index (χ0n) is 14.8. The molecule has 7 heteroatoms. The molecule has 1 atom stereocenters. The van der Waals surface area contributed by atoms with Gasteiger partial charge in [-0.1, -0.05) is 65.8 Å². The maximum atomic E-state index is 12.9. The number of amides is 3. The van der Waals surface area contributed by atoms with Gasteiger partial charge in [-0.25, -0.2) is 4.79 Å². The number of hydrogen-bond acceptors (Lipinski definition) is 5. The number of nitrogens with zero attached hydrogens (tertiary/aromatic N) is 3. The predicted octanol–water partition coefficient (Wildman–Crippen LogP) is 2.63. The first-order valence-corrected chi connectivity index (χ1v) is 8.61. The van der Waals surface area contributed by atoms with Crippen molar-refractivity contribution < 1.29 is 14.1 Å². The lowest BCUT2D eigenvalue weighted by Crippen LogP contribution is -2.40. The fourth-order valence-electron chi connectivity index (χ4n) is 3.15. The van der Waals surface area contributed by atoms with E-state index in [0.717, 1.165) is 16.0 Å². The summed E-state index contributed by atoms with van der Waals surface area (Å²) in [5, 5.41) is 6.70. The van der Waals surface area contributed by atoms with E-state index in [0.29, 0.717) is 12.2 Å². The molecule has 27 heavy (non-hydrogen) atoms. The highest BCUT2D eigenvalue weighted by Crippen LogP contribution is 2.29. The van der Waals surface area contributed by atoms with E-state index in [1.54, 1.807) is 6.92 Å². The van der Waals surface area contributed by atoms with E-state index in [9.17, 15) is 9.59 Å². The molecular weight excluding hydrogens is 344 g/mol. The van der Waals surface area contributed by atoms with Crippen molar-refractivity contribution in [1.29, 1.82) is 0 Å². The lowest BCUT2D eigenvalue weighted by molar-refractivity contribution is -0.131. The van der Waals surface area contributed by atoms with Crippen LogP contribution >= 0.6 is 0 Å². The Kier molecular flexibility index (Phi) is 4.19. The van der Waals surface area contributed by atoms with Crippen molar-refractivity contribution in [3.63, 3.8) is 0 Å². The SMILES string of the molecule is CC1(c2ccccc2)NC(=O)N(Cc2nc(Cc3ccccc3)no2)C1=O. The Balaban J connectivity index is 1.50. The third-order valence-corrected chi connectivity index (χ3v) is 4.63. The normalized spacial score (nSPS) is 19.4. The molecule has 1 fully saturated rings. The molecule has 0 radical (unpaired) electrons. The summed E-state index contributed by atoms with van der Waals surface area (Å²) in [4.78, 5) is 30.7. The fourth-order valence-corrected chi connectivity index (χ4v) is 3.15. The van der Waals surface area contributed by atoms with E-state index in [1.807, 2.05) is 60.7 Å². The zero-order chi connectivity index (χ0) is 18.9. The minimum Gasteiger partial charge on any atom is -0.337 e. The van der Waals surface area contributed by atoms with Gasteiger partial charge in [0.05, 0.1) is 0 Å². The Morgan fingerprint density at radius 3 is 2.41 bits per heavy atom. The summed E-state index contributed by atoms with van der Waals surface area (Å²) < 4.78 is 5.23. The monoisotopic (exact) mass is 362 g/mol. The van der Waals surface area contributed by atoms with Crippen LogP contribution in [0, 0.1) is 0 Å². The highest BCUT2D eigenvalue weighted by atomic mass is 16.5. The van der Waals surface area contributed by atoms with E-state index >= 15 is 0 Å². The molecule has 4 rings (SSSR count). The number of carbonyl (C=O) groups excluding carboxylic acids is 2. The molecule has 1 N–H and O–H groups in total. The Hall–Kier alpha value is -3.48. The summed E-state index contributed by atoms with van der Waals surface area (Å²) in [5.74, 6) is 0.386. The molecule has 0 bridgehead atoms. The van der Waals surface area contributed by atoms with Gasteiger partial charge in [-0.2, -0.15) is 4.98 Å². The summed E-state index contributed by atoms with van der Waals surface area (Å²) in [6.45, 7) is 1.63. The van der Waals surface area contributed by atoms with Crippen LogP contribution < -0.4 is 5.32 Å². The third kappa shape index (κ3) is 3.19. The van der Waals surface area contributed by atoms with Gasteiger partial charge in [0.1, 0.15) is 12.1 Å². The molecule has 2 heterocycles. The summed E-state index contributed by atoms with van der Waals surface area (Å²) in [5.41, 5.74) is 0.670. The summed E-state index contributed by atoms with van der Waals surface area (Å²) >= 11 is 0. The molecule has 2 aromatic carbocycles. The Morgan fingerprint density at radius 2 is 1.70 bits per heavy atom. The van der Waals surface area contributed by atoms with Crippen LogP contribution in [0.2, 0.25) is 0 Å². The molecule has 136 valence electrons. The Bertz CT molecular complexity index is 971. The number of benzene rings is 2. The minimum atomic E-state index is -1.11. The molecule has 7 nitrogen and oxygen atoms in total. The van der Waals surface area contributed by atoms with E-state index < -0.39 is 11.6 Å². The van der Waals surface area contributed by atoms with E-state index in [-0.39, 0.29) is 18.3 Å². The van der Waals surface area contributed by atoms with Crippen molar-refractivity contribution in [3.8, 4) is 0 Å². The molecule has 0 aliphatic carbocycles.